The molecule has 1 fully saturated rings. The zero-order valence-electron chi connectivity index (χ0n) is 15.3. The Balaban J connectivity index is 1.52. The van der Waals surface area contributed by atoms with Crippen molar-refractivity contribution in [2.24, 2.45) is 0 Å². The van der Waals surface area contributed by atoms with Gasteiger partial charge in [-0.2, -0.15) is 13.9 Å². The van der Waals surface area contributed by atoms with E-state index in [1.165, 1.54) is 16.9 Å². The maximum Gasteiger partial charge on any atom is 0.345 e. The largest absolute Gasteiger partial charge is 0.365 e. The van der Waals surface area contributed by atoms with Crippen LogP contribution in [0.1, 0.15) is 11.3 Å². The van der Waals surface area contributed by atoms with Crippen LogP contribution in [0.5, 0.6) is 0 Å². The summed E-state index contributed by atoms with van der Waals surface area (Å²) in [5.74, 6) is 0.558. The number of hydrogen-bond donors (Lipinski definition) is 0. The Labute approximate surface area is 168 Å². The van der Waals surface area contributed by atoms with Crippen molar-refractivity contribution in [3.63, 3.8) is 0 Å². The van der Waals surface area contributed by atoms with E-state index < -0.39 is 12.7 Å². The maximum absolute atomic E-state index is 12.5. The van der Waals surface area contributed by atoms with E-state index >= 15 is 0 Å². The van der Waals surface area contributed by atoms with E-state index in [2.05, 4.69) is 20.0 Å². The number of ether oxygens (including phenoxy) is 1. The van der Waals surface area contributed by atoms with Crippen LogP contribution in [0.2, 0.25) is 5.15 Å². The Kier molecular flexibility index (Phi) is 5.29. The van der Waals surface area contributed by atoms with Gasteiger partial charge in [0, 0.05) is 36.5 Å². The molecular weight excluding hydrogens is 408 g/mol. The molecule has 8 nitrogen and oxygen atoms in total. The van der Waals surface area contributed by atoms with Gasteiger partial charge in [0.2, 0.25) is 0 Å². The molecule has 0 atom stereocenters. The van der Waals surface area contributed by atoms with Crippen molar-refractivity contribution in [3.8, 4) is 11.3 Å². The number of pyridine rings is 1. The predicted molar refractivity (Wildman–Crippen MR) is 100 cm³/mol. The highest BCUT2D eigenvalue weighted by Crippen LogP contribution is 2.26. The van der Waals surface area contributed by atoms with Gasteiger partial charge in [-0.25, -0.2) is 9.67 Å². The molecule has 0 aromatic carbocycles. The minimum absolute atomic E-state index is 0.156. The second-order valence-corrected chi connectivity index (χ2v) is 6.96. The fourth-order valence-corrected chi connectivity index (χ4v) is 3.18. The summed E-state index contributed by atoms with van der Waals surface area (Å²) >= 11 is 5.83. The Bertz CT molecular complexity index is 1060. The first-order chi connectivity index (χ1) is 13.9. The summed E-state index contributed by atoms with van der Waals surface area (Å²) in [6, 6.07) is 4.82. The van der Waals surface area contributed by atoms with Crippen molar-refractivity contribution in [1.82, 2.24) is 19.9 Å². The Morgan fingerprint density at radius 3 is 2.79 bits per heavy atom. The third-order valence-electron chi connectivity index (χ3n) is 4.66. The van der Waals surface area contributed by atoms with Crippen LogP contribution in [0.3, 0.4) is 0 Å². The van der Waals surface area contributed by atoms with Gasteiger partial charge in [0.05, 0.1) is 24.5 Å². The van der Waals surface area contributed by atoms with Crippen LogP contribution in [-0.2, 0) is 11.3 Å². The highest BCUT2D eigenvalue weighted by atomic mass is 35.5. The topological polar surface area (TPSA) is 86.3 Å². The standard InChI is InChI=1S/C18H16ClF2N5O3/c1-10-14(17(24-29-10)11-2-3-15(19)22-5-11)9-26-16(27)4-12(6-23-26)25-7-13(8-25)28-18(20)21/h2-6,13,18H,7-9H2,1H3. The average molecular weight is 424 g/mol. The zero-order chi connectivity index (χ0) is 20.5. The van der Waals surface area contributed by atoms with Crippen LogP contribution in [0, 0.1) is 6.92 Å². The number of nitrogens with zero attached hydrogens (tertiary/aromatic N) is 5. The first-order valence-electron chi connectivity index (χ1n) is 8.73. The minimum atomic E-state index is -2.80. The Morgan fingerprint density at radius 1 is 1.34 bits per heavy atom. The third kappa shape index (κ3) is 4.13. The summed E-state index contributed by atoms with van der Waals surface area (Å²) in [5, 5.41) is 8.61. The van der Waals surface area contributed by atoms with Crippen LogP contribution in [0.15, 0.2) is 39.9 Å². The first kappa shape index (κ1) is 19.5. The molecule has 1 aliphatic heterocycles. The molecule has 29 heavy (non-hydrogen) atoms. The molecule has 11 heteroatoms. The normalized spacial score (nSPS) is 14.4. The van der Waals surface area contributed by atoms with Crippen LogP contribution in [0.4, 0.5) is 14.5 Å². The highest BCUT2D eigenvalue weighted by molar-refractivity contribution is 6.29. The van der Waals surface area contributed by atoms with Crippen molar-refractivity contribution in [3.05, 3.63) is 57.4 Å². The SMILES string of the molecule is Cc1onc(-c2ccc(Cl)nc2)c1Cn1ncc(N2CC(OC(F)F)C2)cc1=O. The summed E-state index contributed by atoms with van der Waals surface area (Å²) in [6.45, 7) is -0.325. The lowest BCUT2D eigenvalue weighted by atomic mass is 10.1. The summed E-state index contributed by atoms with van der Waals surface area (Å²) in [6.07, 6.45) is 2.55. The summed E-state index contributed by atoms with van der Waals surface area (Å²) in [7, 11) is 0. The smallest absolute Gasteiger partial charge is 0.345 e. The number of alkyl halides is 2. The number of rotatable bonds is 6. The van der Waals surface area contributed by atoms with E-state index in [0.717, 1.165) is 0 Å². The van der Waals surface area contributed by atoms with Crippen molar-refractivity contribution >= 4 is 17.3 Å². The third-order valence-corrected chi connectivity index (χ3v) is 4.88. The lowest BCUT2D eigenvalue weighted by Gasteiger charge is -2.39. The molecule has 0 bridgehead atoms. The van der Waals surface area contributed by atoms with E-state index in [1.807, 2.05) is 0 Å². The Morgan fingerprint density at radius 2 is 2.14 bits per heavy atom. The second kappa shape index (κ2) is 7.88. The molecule has 0 saturated carbocycles. The quantitative estimate of drug-likeness (QED) is 0.563. The van der Waals surface area contributed by atoms with E-state index in [4.69, 9.17) is 16.1 Å². The first-order valence-corrected chi connectivity index (χ1v) is 9.11. The second-order valence-electron chi connectivity index (χ2n) is 6.57. The molecule has 4 heterocycles. The van der Waals surface area contributed by atoms with Crippen LogP contribution in [-0.4, -0.2) is 45.7 Å². The maximum atomic E-state index is 12.5. The van der Waals surface area contributed by atoms with E-state index in [1.54, 1.807) is 30.2 Å². The number of hydrogen-bond acceptors (Lipinski definition) is 7. The van der Waals surface area contributed by atoms with Gasteiger partial charge in [0.1, 0.15) is 16.6 Å². The van der Waals surface area contributed by atoms with Crippen molar-refractivity contribution in [2.45, 2.75) is 26.2 Å². The molecule has 3 aromatic rings. The minimum Gasteiger partial charge on any atom is -0.365 e. The predicted octanol–water partition coefficient (Wildman–Crippen LogP) is 2.73. The highest BCUT2D eigenvalue weighted by Gasteiger charge is 2.30. The monoisotopic (exact) mass is 423 g/mol. The Hall–Kier alpha value is -2.85. The van der Waals surface area contributed by atoms with Gasteiger partial charge in [0.25, 0.3) is 5.56 Å². The van der Waals surface area contributed by atoms with E-state index in [-0.39, 0.29) is 25.2 Å². The molecule has 0 unspecified atom stereocenters. The summed E-state index contributed by atoms with van der Waals surface area (Å²) in [4.78, 5) is 18.3. The van der Waals surface area contributed by atoms with Crippen LogP contribution < -0.4 is 10.5 Å². The van der Waals surface area contributed by atoms with Gasteiger partial charge in [-0.15, -0.1) is 0 Å². The van der Waals surface area contributed by atoms with E-state index in [9.17, 15) is 13.6 Å². The summed E-state index contributed by atoms with van der Waals surface area (Å²) < 4.78 is 35.4. The van der Waals surface area contributed by atoms with Crippen molar-refractivity contribution in [1.29, 1.82) is 0 Å². The molecule has 3 aromatic heterocycles. The molecule has 152 valence electrons. The lowest BCUT2D eigenvalue weighted by Crippen LogP contribution is -2.53. The van der Waals surface area contributed by atoms with Gasteiger partial charge in [-0.1, -0.05) is 16.8 Å². The van der Waals surface area contributed by atoms with E-state index in [0.29, 0.717) is 33.4 Å². The molecule has 1 saturated heterocycles. The molecule has 0 amide bonds. The average Bonchev–Trinajstić information content (AvgIpc) is 3.01. The van der Waals surface area contributed by atoms with Crippen molar-refractivity contribution in [2.75, 3.05) is 18.0 Å². The number of aryl methyl sites for hydroxylation is 1. The molecule has 4 rings (SSSR count). The van der Waals surface area contributed by atoms with Gasteiger partial charge in [0.15, 0.2) is 0 Å². The molecule has 0 N–H and O–H groups in total. The van der Waals surface area contributed by atoms with Gasteiger partial charge >= 0.3 is 6.61 Å². The van der Waals surface area contributed by atoms with Gasteiger partial charge < -0.3 is 14.2 Å². The fraction of sp³-hybridized carbons (Fsp3) is 0.333. The number of aromatic nitrogens is 4. The fourth-order valence-electron chi connectivity index (χ4n) is 3.07. The zero-order valence-corrected chi connectivity index (χ0v) is 16.0. The molecular formula is C18H16ClF2N5O3. The lowest BCUT2D eigenvalue weighted by molar-refractivity contribution is -0.167. The van der Waals surface area contributed by atoms with Crippen LogP contribution in [0.25, 0.3) is 11.3 Å². The number of halogens is 3. The van der Waals surface area contributed by atoms with Gasteiger partial charge in [-0.05, 0) is 19.1 Å². The molecule has 1 aliphatic rings. The van der Waals surface area contributed by atoms with Gasteiger partial charge in [-0.3, -0.25) is 4.79 Å². The molecule has 0 aliphatic carbocycles. The van der Waals surface area contributed by atoms with Crippen LogP contribution >= 0.6 is 11.6 Å². The molecule has 0 radical (unpaired) electrons. The summed E-state index contributed by atoms with van der Waals surface area (Å²) in [5.41, 5.74) is 2.19. The van der Waals surface area contributed by atoms with Crippen molar-refractivity contribution < 1.29 is 18.0 Å². The molecule has 0 spiro atoms. The number of anilines is 1.